The predicted octanol–water partition coefficient (Wildman–Crippen LogP) is 2.36. The van der Waals surface area contributed by atoms with E-state index in [1.54, 1.807) is 19.1 Å². The monoisotopic (exact) mass is 398 g/mol. The van der Waals surface area contributed by atoms with E-state index in [0.29, 0.717) is 50.7 Å². The number of nitrogens with zero attached hydrogens (tertiary/aromatic N) is 2. The zero-order valence-corrected chi connectivity index (χ0v) is 17.1. The van der Waals surface area contributed by atoms with Crippen LogP contribution in [0.15, 0.2) is 52.1 Å². The quantitative estimate of drug-likeness (QED) is 0.361. The molecule has 0 fully saturated rings. The first-order valence-corrected chi connectivity index (χ1v) is 10.1. The summed E-state index contributed by atoms with van der Waals surface area (Å²) in [6.45, 7) is 6.56. The van der Waals surface area contributed by atoms with Gasteiger partial charge in [-0.05, 0) is 43.5 Å². The van der Waals surface area contributed by atoms with Crippen LogP contribution in [-0.2, 0) is 23.5 Å². The molecule has 1 aliphatic heterocycles. The number of amides is 1. The molecule has 0 bridgehead atoms. The largest absolute Gasteiger partial charge is 0.466 e. The lowest BCUT2D eigenvalue weighted by molar-refractivity contribution is -0.131. The number of hydrogen-bond acceptors (Lipinski definition) is 4. The molecule has 0 saturated carbocycles. The van der Waals surface area contributed by atoms with E-state index in [9.17, 15) is 9.90 Å². The summed E-state index contributed by atoms with van der Waals surface area (Å²) in [7, 11) is 0. The standard InChI is InChI=1S/C22H30N4O3/c1-3-23-21(25-16-22(2,28)19-10-7-13-29-19)24-12-6-11-20(27)26-14-17-8-4-5-9-18(17)15-26/h4-5,7-10,13,28H,3,6,11-12,14-16H2,1-2H3,(H2,23,24,25). The van der Waals surface area contributed by atoms with Crippen LogP contribution in [0.2, 0.25) is 0 Å². The third kappa shape index (κ3) is 5.60. The first kappa shape index (κ1) is 20.9. The van der Waals surface area contributed by atoms with Crippen LogP contribution in [0.4, 0.5) is 0 Å². The molecule has 1 atom stereocenters. The Bertz CT molecular complexity index is 805. The van der Waals surface area contributed by atoms with Gasteiger partial charge in [0.05, 0.1) is 12.8 Å². The van der Waals surface area contributed by atoms with Crippen molar-refractivity contribution in [1.29, 1.82) is 0 Å². The number of guanidine groups is 1. The van der Waals surface area contributed by atoms with E-state index in [1.165, 1.54) is 17.4 Å². The maximum absolute atomic E-state index is 12.5. The number of rotatable bonds is 8. The Hall–Kier alpha value is -2.80. The summed E-state index contributed by atoms with van der Waals surface area (Å²) >= 11 is 0. The summed E-state index contributed by atoms with van der Waals surface area (Å²) in [5, 5.41) is 16.9. The summed E-state index contributed by atoms with van der Waals surface area (Å²) in [6, 6.07) is 11.7. The van der Waals surface area contributed by atoms with E-state index in [-0.39, 0.29) is 12.5 Å². The van der Waals surface area contributed by atoms with Crippen LogP contribution in [0.25, 0.3) is 0 Å². The molecular weight excluding hydrogens is 368 g/mol. The molecule has 0 saturated heterocycles. The van der Waals surface area contributed by atoms with Crippen molar-refractivity contribution in [2.75, 3.05) is 19.6 Å². The molecule has 29 heavy (non-hydrogen) atoms. The van der Waals surface area contributed by atoms with Gasteiger partial charge in [-0.15, -0.1) is 0 Å². The van der Waals surface area contributed by atoms with Gasteiger partial charge in [0.2, 0.25) is 5.91 Å². The fourth-order valence-electron chi connectivity index (χ4n) is 3.35. The smallest absolute Gasteiger partial charge is 0.223 e. The molecule has 1 unspecified atom stereocenters. The van der Waals surface area contributed by atoms with Gasteiger partial charge in [-0.2, -0.15) is 0 Å². The van der Waals surface area contributed by atoms with Gasteiger partial charge in [0.1, 0.15) is 11.4 Å². The zero-order chi connectivity index (χ0) is 20.7. The number of carbonyl (C=O) groups is 1. The van der Waals surface area contributed by atoms with E-state index in [4.69, 9.17) is 4.42 Å². The normalized spacial score (nSPS) is 15.7. The second-order valence-corrected chi connectivity index (χ2v) is 7.50. The number of fused-ring (bicyclic) bond motifs is 1. The number of benzene rings is 1. The maximum atomic E-state index is 12.5. The van der Waals surface area contributed by atoms with Crippen molar-refractivity contribution in [1.82, 2.24) is 15.5 Å². The van der Waals surface area contributed by atoms with Gasteiger partial charge in [0.15, 0.2) is 5.96 Å². The van der Waals surface area contributed by atoms with Gasteiger partial charge in [-0.1, -0.05) is 24.3 Å². The lowest BCUT2D eigenvalue weighted by Gasteiger charge is -2.19. The molecule has 1 aliphatic rings. The number of aliphatic imine (C=N–C) groups is 1. The molecule has 7 nitrogen and oxygen atoms in total. The van der Waals surface area contributed by atoms with Crippen LogP contribution in [0.1, 0.15) is 43.6 Å². The first-order valence-electron chi connectivity index (χ1n) is 10.1. The predicted molar refractivity (Wildman–Crippen MR) is 112 cm³/mol. The Morgan fingerprint density at radius 3 is 2.55 bits per heavy atom. The van der Waals surface area contributed by atoms with Gasteiger partial charge < -0.3 is 25.1 Å². The van der Waals surface area contributed by atoms with Gasteiger partial charge in [0, 0.05) is 32.6 Å². The van der Waals surface area contributed by atoms with Crippen molar-refractivity contribution < 1.29 is 14.3 Å². The van der Waals surface area contributed by atoms with Gasteiger partial charge in [-0.3, -0.25) is 4.79 Å². The number of furan rings is 1. The molecule has 1 amide bonds. The van der Waals surface area contributed by atoms with Crippen LogP contribution in [0, 0.1) is 0 Å². The SMILES string of the molecule is CCNC(=NCC(C)(O)c1ccco1)NCCCC(=O)N1Cc2ccccc2C1. The fourth-order valence-corrected chi connectivity index (χ4v) is 3.35. The zero-order valence-electron chi connectivity index (χ0n) is 17.1. The highest BCUT2D eigenvalue weighted by Crippen LogP contribution is 2.23. The maximum Gasteiger partial charge on any atom is 0.223 e. The van der Waals surface area contributed by atoms with Crippen LogP contribution in [0.3, 0.4) is 0 Å². The number of aliphatic hydroxyl groups is 1. The third-order valence-electron chi connectivity index (χ3n) is 4.99. The molecule has 3 N–H and O–H groups in total. The van der Waals surface area contributed by atoms with E-state index in [2.05, 4.69) is 27.8 Å². The van der Waals surface area contributed by atoms with Crippen molar-refractivity contribution in [3.8, 4) is 0 Å². The Balaban J connectivity index is 1.43. The minimum absolute atomic E-state index is 0.167. The average Bonchev–Trinajstić information content (AvgIpc) is 3.39. The molecule has 0 radical (unpaired) electrons. The second-order valence-electron chi connectivity index (χ2n) is 7.50. The van der Waals surface area contributed by atoms with Crippen molar-refractivity contribution in [3.63, 3.8) is 0 Å². The highest BCUT2D eigenvalue weighted by atomic mass is 16.4. The summed E-state index contributed by atoms with van der Waals surface area (Å²) in [6.07, 6.45) is 2.74. The Kier molecular flexibility index (Phi) is 6.93. The molecule has 7 heteroatoms. The minimum Gasteiger partial charge on any atom is -0.466 e. The van der Waals surface area contributed by atoms with E-state index in [0.717, 1.165) is 0 Å². The van der Waals surface area contributed by atoms with Crippen molar-refractivity contribution in [2.45, 2.75) is 45.4 Å². The molecule has 0 spiro atoms. The topological polar surface area (TPSA) is 90.1 Å². The Labute approximate surface area is 171 Å². The molecular formula is C22H30N4O3. The third-order valence-corrected chi connectivity index (χ3v) is 4.99. The summed E-state index contributed by atoms with van der Waals surface area (Å²) in [4.78, 5) is 18.8. The van der Waals surface area contributed by atoms with Gasteiger partial charge >= 0.3 is 0 Å². The first-order chi connectivity index (χ1) is 14.0. The molecule has 1 aromatic carbocycles. The number of carbonyl (C=O) groups excluding carboxylic acids is 1. The molecule has 2 aromatic rings. The van der Waals surface area contributed by atoms with E-state index >= 15 is 0 Å². The molecule has 3 rings (SSSR count). The van der Waals surface area contributed by atoms with Gasteiger partial charge in [0.25, 0.3) is 0 Å². The Morgan fingerprint density at radius 2 is 1.93 bits per heavy atom. The summed E-state index contributed by atoms with van der Waals surface area (Å²) < 4.78 is 5.29. The summed E-state index contributed by atoms with van der Waals surface area (Å²) in [5.41, 5.74) is 1.31. The number of hydrogen-bond donors (Lipinski definition) is 3. The highest BCUT2D eigenvalue weighted by Gasteiger charge is 2.26. The fraction of sp³-hybridized carbons (Fsp3) is 0.455. The molecule has 1 aromatic heterocycles. The lowest BCUT2D eigenvalue weighted by atomic mass is 10.0. The van der Waals surface area contributed by atoms with Crippen molar-refractivity contribution in [2.24, 2.45) is 4.99 Å². The molecule has 2 heterocycles. The van der Waals surface area contributed by atoms with Crippen molar-refractivity contribution in [3.05, 3.63) is 59.5 Å². The van der Waals surface area contributed by atoms with Crippen molar-refractivity contribution >= 4 is 11.9 Å². The highest BCUT2D eigenvalue weighted by molar-refractivity contribution is 5.80. The Morgan fingerprint density at radius 1 is 1.21 bits per heavy atom. The van der Waals surface area contributed by atoms with E-state index < -0.39 is 5.60 Å². The van der Waals surface area contributed by atoms with Gasteiger partial charge in [-0.25, -0.2) is 4.99 Å². The van der Waals surface area contributed by atoms with Crippen LogP contribution >= 0.6 is 0 Å². The van der Waals surface area contributed by atoms with Crippen LogP contribution in [0.5, 0.6) is 0 Å². The van der Waals surface area contributed by atoms with E-state index in [1.807, 2.05) is 24.0 Å². The lowest BCUT2D eigenvalue weighted by Crippen LogP contribution is -2.39. The van der Waals surface area contributed by atoms with Crippen LogP contribution < -0.4 is 10.6 Å². The minimum atomic E-state index is -1.17. The van der Waals surface area contributed by atoms with Crippen LogP contribution in [-0.4, -0.2) is 41.5 Å². The average molecular weight is 399 g/mol. The number of nitrogens with one attached hydrogen (secondary N) is 2. The molecule has 156 valence electrons. The summed E-state index contributed by atoms with van der Waals surface area (Å²) in [5.74, 6) is 1.26. The molecule has 0 aliphatic carbocycles. The second kappa shape index (κ2) is 9.60.